The molecule has 0 spiro atoms. The molecular weight excluding hydrogens is 410 g/mol. The van der Waals surface area contributed by atoms with Crippen molar-refractivity contribution in [3.8, 4) is 16.9 Å². The number of aryl methyl sites for hydroxylation is 1. The molecule has 1 aromatic heterocycles. The van der Waals surface area contributed by atoms with Crippen LogP contribution in [-0.4, -0.2) is 67.4 Å². The Labute approximate surface area is 186 Å². The Bertz CT molecular complexity index is 1030. The highest BCUT2D eigenvalue weighted by molar-refractivity contribution is 5.63. The monoisotopic (exact) mass is 437 g/mol. The van der Waals surface area contributed by atoms with E-state index in [1.165, 1.54) is 5.56 Å². The Balaban J connectivity index is 1.08. The van der Waals surface area contributed by atoms with Gasteiger partial charge in [0.15, 0.2) is 0 Å². The van der Waals surface area contributed by atoms with Crippen LogP contribution in [0.2, 0.25) is 0 Å². The summed E-state index contributed by atoms with van der Waals surface area (Å²) in [5.41, 5.74) is 3.17. The number of hydrogen-bond donors (Lipinski definition) is 3. The second-order valence-electron chi connectivity index (χ2n) is 8.48. The van der Waals surface area contributed by atoms with E-state index >= 15 is 0 Å². The molecule has 1 saturated heterocycles. The van der Waals surface area contributed by atoms with E-state index < -0.39 is 24.4 Å². The number of rotatable bonds is 8. The van der Waals surface area contributed by atoms with Crippen molar-refractivity contribution in [2.75, 3.05) is 6.61 Å². The van der Waals surface area contributed by atoms with Gasteiger partial charge < -0.3 is 24.8 Å². The summed E-state index contributed by atoms with van der Waals surface area (Å²) in [6.07, 6.45) is -0.585. The highest BCUT2D eigenvalue weighted by Crippen LogP contribution is 2.41. The fraction of sp³-hybridized carbons (Fsp3) is 0.417. The van der Waals surface area contributed by atoms with E-state index in [9.17, 15) is 15.3 Å². The molecule has 8 heteroatoms. The van der Waals surface area contributed by atoms with Crippen molar-refractivity contribution in [1.29, 1.82) is 0 Å². The number of aromatic nitrogens is 3. The zero-order chi connectivity index (χ0) is 22.1. The van der Waals surface area contributed by atoms with Crippen LogP contribution in [-0.2, 0) is 17.7 Å². The Morgan fingerprint density at radius 3 is 2.41 bits per heavy atom. The normalized spacial score (nSPS) is 28.8. The predicted molar refractivity (Wildman–Crippen MR) is 116 cm³/mol. The summed E-state index contributed by atoms with van der Waals surface area (Å²) < 4.78 is 12.9. The van der Waals surface area contributed by atoms with E-state index in [0.717, 1.165) is 29.8 Å². The van der Waals surface area contributed by atoms with Gasteiger partial charge in [-0.25, -0.2) is 0 Å². The number of fused-ring (bicyclic) bond motifs is 1. The highest BCUT2D eigenvalue weighted by atomic mass is 16.6. The smallest absolute Gasteiger partial charge is 0.119 e. The van der Waals surface area contributed by atoms with Gasteiger partial charge in [0.1, 0.15) is 24.1 Å². The molecule has 2 aliphatic rings. The Kier molecular flexibility index (Phi) is 5.93. The van der Waals surface area contributed by atoms with Gasteiger partial charge in [0.25, 0.3) is 0 Å². The van der Waals surface area contributed by atoms with Crippen LogP contribution in [0.15, 0.2) is 60.8 Å². The summed E-state index contributed by atoms with van der Waals surface area (Å²) in [7, 11) is 0. The minimum absolute atomic E-state index is 0.252. The molecule has 0 amide bonds. The summed E-state index contributed by atoms with van der Waals surface area (Å²) in [6, 6.07) is 18.3. The first kappa shape index (κ1) is 21.1. The standard InChI is InChI=1S/C24H27N3O5/c28-20-19(23-24(32-23)22(30)21(20)29)14-27-13-17(25-26-27)7-4-12-31-18-10-8-16(9-11-18)15-5-2-1-3-6-15/h1-3,5-6,8-11,13,19-24,28-30H,4,7,12,14H2. The summed E-state index contributed by atoms with van der Waals surface area (Å²) in [5.74, 6) is 0.509. The quantitative estimate of drug-likeness (QED) is 0.361. The minimum Gasteiger partial charge on any atom is -0.494 e. The molecule has 0 radical (unpaired) electrons. The fourth-order valence-corrected chi connectivity index (χ4v) is 4.39. The maximum Gasteiger partial charge on any atom is 0.119 e. The van der Waals surface area contributed by atoms with E-state index in [1.54, 1.807) is 4.68 Å². The predicted octanol–water partition coefficient (Wildman–Crippen LogP) is 1.44. The van der Waals surface area contributed by atoms with Crippen LogP contribution in [0, 0.1) is 5.92 Å². The third kappa shape index (κ3) is 4.40. The van der Waals surface area contributed by atoms with E-state index in [2.05, 4.69) is 34.6 Å². The molecule has 168 valence electrons. The molecule has 3 aromatic rings. The molecule has 6 unspecified atom stereocenters. The molecule has 2 heterocycles. The fourth-order valence-electron chi connectivity index (χ4n) is 4.39. The number of aliphatic hydroxyl groups is 3. The highest BCUT2D eigenvalue weighted by Gasteiger charge is 2.59. The van der Waals surface area contributed by atoms with Crippen LogP contribution in [0.5, 0.6) is 5.75 Å². The molecule has 6 atom stereocenters. The van der Waals surface area contributed by atoms with E-state index in [-0.39, 0.29) is 12.0 Å². The first-order valence-electron chi connectivity index (χ1n) is 11.0. The largest absolute Gasteiger partial charge is 0.494 e. The van der Waals surface area contributed by atoms with Crippen molar-refractivity contribution >= 4 is 0 Å². The number of benzene rings is 2. The third-order valence-electron chi connectivity index (χ3n) is 6.25. The molecule has 2 aromatic carbocycles. The first-order valence-corrected chi connectivity index (χ1v) is 11.0. The lowest BCUT2D eigenvalue weighted by Crippen LogP contribution is -2.52. The van der Waals surface area contributed by atoms with Gasteiger partial charge in [0.05, 0.1) is 31.1 Å². The van der Waals surface area contributed by atoms with E-state index in [4.69, 9.17) is 9.47 Å². The Hall–Kier alpha value is -2.78. The van der Waals surface area contributed by atoms with Gasteiger partial charge in [0.2, 0.25) is 0 Å². The van der Waals surface area contributed by atoms with Crippen LogP contribution < -0.4 is 4.74 Å². The van der Waals surface area contributed by atoms with Gasteiger partial charge in [-0.15, -0.1) is 5.10 Å². The average Bonchev–Trinajstić information content (AvgIpc) is 3.51. The van der Waals surface area contributed by atoms with Gasteiger partial charge in [-0.3, -0.25) is 4.68 Å². The van der Waals surface area contributed by atoms with Gasteiger partial charge >= 0.3 is 0 Å². The van der Waals surface area contributed by atoms with Crippen molar-refractivity contribution in [2.24, 2.45) is 5.92 Å². The van der Waals surface area contributed by atoms with Crippen LogP contribution in [0.25, 0.3) is 11.1 Å². The SMILES string of the molecule is OC1C(O)C(Cn2cc(CCCOc3ccc(-c4ccccc4)cc3)nn2)C2OC2C1O. The van der Waals surface area contributed by atoms with Crippen LogP contribution >= 0.6 is 0 Å². The second-order valence-corrected chi connectivity index (χ2v) is 8.48. The molecule has 0 bridgehead atoms. The van der Waals surface area contributed by atoms with Crippen molar-refractivity contribution in [3.63, 3.8) is 0 Å². The lowest BCUT2D eigenvalue weighted by Gasteiger charge is -2.31. The number of nitrogens with zero attached hydrogens (tertiary/aromatic N) is 3. The third-order valence-corrected chi connectivity index (χ3v) is 6.25. The number of epoxide rings is 1. The molecule has 32 heavy (non-hydrogen) atoms. The minimum atomic E-state index is -1.20. The lowest BCUT2D eigenvalue weighted by atomic mass is 9.82. The summed E-state index contributed by atoms with van der Waals surface area (Å²) in [6.45, 7) is 0.948. The molecule has 1 aliphatic carbocycles. The average molecular weight is 437 g/mol. The van der Waals surface area contributed by atoms with Gasteiger partial charge in [-0.2, -0.15) is 0 Å². The second kappa shape index (κ2) is 8.99. The van der Waals surface area contributed by atoms with Crippen LogP contribution in [0.3, 0.4) is 0 Å². The van der Waals surface area contributed by atoms with E-state index in [0.29, 0.717) is 13.2 Å². The van der Waals surface area contributed by atoms with Gasteiger partial charge in [-0.05, 0) is 36.1 Å². The maximum absolute atomic E-state index is 10.3. The lowest BCUT2D eigenvalue weighted by molar-refractivity contribution is -0.100. The molecule has 3 N–H and O–H groups in total. The summed E-state index contributed by atoms with van der Waals surface area (Å²) in [5, 5.41) is 38.4. The molecule has 1 saturated carbocycles. The molecule has 5 rings (SSSR count). The first-order chi connectivity index (χ1) is 15.6. The summed E-state index contributed by atoms with van der Waals surface area (Å²) >= 11 is 0. The number of aliphatic hydroxyl groups excluding tert-OH is 3. The van der Waals surface area contributed by atoms with E-state index in [1.807, 2.05) is 36.5 Å². The molecular formula is C24H27N3O5. The van der Waals surface area contributed by atoms with Gasteiger partial charge in [0, 0.05) is 12.1 Å². The Morgan fingerprint density at radius 2 is 1.62 bits per heavy atom. The molecule has 2 fully saturated rings. The Morgan fingerprint density at radius 1 is 0.875 bits per heavy atom. The molecule has 1 aliphatic heterocycles. The zero-order valence-electron chi connectivity index (χ0n) is 17.6. The van der Waals surface area contributed by atoms with Crippen molar-refractivity contribution in [2.45, 2.75) is 49.9 Å². The summed E-state index contributed by atoms with van der Waals surface area (Å²) in [4.78, 5) is 0. The molecule has 8 nitrogen and oxygen atoms in total. The van der Waals surface area contributed by atoms with Crippen molar-refractivity contribution in [1.82, 2.24) is 15.0 Å². The van der Waals surface area contributed by atoms with Crippen molar-refractivity contribution < 1.29 is 24.8 Å². The van der Waals surface area contributed by atoms with Crippen molar-refractivity contribution in [3.05, 3.63) is 66.5 Å². The number of hydrogen-bond acceptors (Lipinski definition) is 7. The van der Waals surface area contributed by atoms with Gasteiger partial charge in [-0.1, -0.05) is 47.7 Å². The topological polar surface area (TPSA) is 113 Å². The zero-order valence-corrected chi connectivity index (χ0v) is 17.6. The van der Waals surface area contributed by atoms with Crippen LogP contribution in [0.1, 0.15) is 12.1 Å². The van der Waals surface area contributed by atoms with Crippen LogP contribution in [0.4, 0.5) is 0 Å². The maximum atomic E-state index is 10.3. The number of ether oxygens (including phenoxy) is 2.